The third-order valence-corrected chi connectivity index (χ3v) is 4.47. The number of halogens is 1. The zero-order chi connectivity index (χ0) is 13.2. The van der Waals surface area contributed by atoms with Crippen molar-refractivity contribution in [1.29, 1.82) is 0 Å². The maximum Gasteiger partial charge on any atom is 0.127 e. The van der Waals surface area contributed by atoms with Crippen LogP contribution < -0.4 is 10.1 Å². The van der Waals surface area contributed by atoms with Crippen LogP contribution in [0.4, 0.5) is 4.39 Å². The van der Waals surface area contributed by atoms with Crippen LogP contribution in [-0.2, 0) is 0 Å². The van der Waals surface area contributed by atoms with Gasteiger partial charge in [-0.25, -0.2) is 4.39 Å². The lowest BCUT2D eigenvalue weighted by Crippen LogP contribution is -2.36. The van der Waals surface area contributed by atoms with E-state index in [2.05, 4.69) is 12.2 Å². The molecule has 3 rings (SSSR count). The Kier molecular flexibility index (Phi) is 3.74. The molecule has 3 heteroatoms. The first-order chi connectivity index (χ1) is 9.28. The largest absolute Gasteiger partial charge is 0.490 e. The predicted molar refractivity (Wildman–Crippen MR) is 73.8 cm³/mol. The number of hydrogen-bond donors (Lipinski definition) is 1. The molecule has 1 heterocycles. The van der Waals surface area contributed by atoms with E-state index in [9.17, 15) is 4.39 Å². The molecule has 1 saturated carbocycles. The van der Waals surface area contributed by atoms with Gasteiger partial charge in [-0.2, -0.15) is 0 Å². The average Bonchev–Trinajstić information content (AvgIpc) is 2.92. The molecule has 1 aliphatic heterocycles. The Morgan fingerprint density at radius 1 is 1.32 bits per heavy atom. The van der Waals surface area contributed by atoms with Gasteiger partial charge in [0.15, 0.2) is 0 Å². The summed E-state index contributed by atoms with van der Waals surface area (Å²) in [5, 5.41) is 3.51. The second-order valence-electron chi connectivity index (χ2n) is 5.73. The second-order valence-corrected chi connectivity index (χ2v) is 5.73. The zero-order valence-corrected chi connectivity index (χ0v) is 11.5. The van der Waals surface area contributed by atoms with Crippen LogP contribution in [0.1, 0.15) is 50.6 Å². The molecule has 0 aromatic heterocycles. The van der Waals surface area contributed by atoms with Crippen LogP contribution in [0.2, 0.25) is 0 Å². The van der Waals surface area contributed by atoms with Crippen molar-refractivity contribution in [3.05, 3.63) is 29.6 Å². The number of benzene rings is 1. The first-order valence-corrected chi connectivity index (χ1v) is 7.47. The first-order valence-electron chi connectivity index (χ1n) is 7.47. The second kappa shape index (κ2) is 5.49. The Hall–Kier alpha value is -1.09. The van der Waals surface area contributed by atoms with E-state index in [1.165, 1.54) is 31.7 Å². The van der Waals surface area contributed by atoms with Crippen LogP contribution in [-0.4, -0.2) is 12.6 Å². The van der Waals surface area contributed by atoms with Crippen LogP contribution in [0.5, 0.6) is 5.75 Å². The van der Waals surface area contributed by atoms with E-state index in [0.717, 1.165) is 24.3 Å². The van der Waals surface area contributed by atoms with Crippen LogP contribution in [0.3, 0.4) is 0 Å². The molecular formula is C16H22FNO. The van der Waals surface area contributed by atoms with Crippen molar-refractivity contribution in [3.63, 3.8) is 0 Å². The van der Waals surface area contributed by atoms with Crippen LogP contribution in [0.25, 0.3) is 0 Å². The van der Waals surface area contributed by atoms with Crippen molar-refractivity contribution in [2.75, 3.05) is 6.54 Å². The van der Waals surface area contributed by atoms with Gasteiger partial charge in [0, 0.05) is 24.1 Å². The molecule has 1 aliphatic carbocycles. The third-order valence-electron chi connectivity index (χ3n) is 4.47. The van der Waals surface area contributed by atoms with E-state index in [1.54, 1.807) is 6.07 Å². The minimum Gasteiger partial charge on any atom is -0.490 e. The van der Waals surface area contributed by atoms with Crippen LogP contribution in [0.15, 0.2) is 18.2 Å². The van der Waals surface area contributed by atoms with Gasteiger partial charge in [-0.15, -0.1) is 0 Å². The normalized spacial score (nSPS) is 27.1. The van der Waals surface area contributed by atoms with E-state index in [1.807, 2.05) is 6.07 Å². The summed E-state index contributed by atoms with van der Waals surface area (Å²) >= 11 is 0. The minimum atomic E-state index is -0.207. The summed E-state index contributed by atoms with van der Waals surface area (Å²) in [5.74, 6) is 1.19. The predicted octanol–water partition coefficient (Wildman–Crippen LogP) is 3.82. The fourth-order valence-electron chi connectivity index (χ4n) is 3.53. The van der Waals surface area contributed by atoms with E-state index in [4.69, 9.17) is 4.74 Å². The lowest BCUT2D eigenvalue weighted by Gasteiger charge is -2.35. The quantitative estimate of drug-likeness (QED) is 0.895. The van der Waals surface area contributed by atoms with E-state index >= 15 is 0 Å². The zero-order valence-electron chi connectivity index (χ0n) is 11.5. The summed E-state index contributed by atoms with van der Waals surface area (Å²) in [6.45, 7) is 3.04. The molecule has 0 saturated heterocycles. The van der Waals surface area contributed by atoms with Gasteiger partial charge >= 0.3 is 0 Å². The molecule has 2 nitrogen and oxygen atoms in total. The van der Waals surface area contributed by atoms with Crippen molar-refractivity contribution in [2.24, 2.45) is 5.92 Å². The van der Waals surface area contributed by atoms with Gasteiger partial charge in [-0.3, -0.25) is 0 Å². The minimum absolute atomic E-state index is 0.207. The standard InChI is InChI=1S/C16H22FNO/c1-2-18-14-10-15(11-5-3-4-6-11)19-16-9-12(17)7-8-13(14)16/h7-9,11,14-15,18H,2-6,10H2,1H3. The molecule has 1 aromatic rings. The lowest BCUT2D eigenvalue weighted by atomic mass is 9.89. The summed E-state index contributed by atoms with van der Waals surface area (Å²) in [4.78, 5) is 0. The van der Waals surface area contributed by atoms with Gasteiger partial charge in [0.25, 0.3) is 0 Å². The lowest BCUT2D eigenvalue weighted by molar-refractivity contribution is 0.0946. The molecular weight excluding hydrogens is 241 g/mol. The maximum absolute atomic E-state index is 13.4. The Labute approximate surface area is 114 Å². The summed E-state index contributed by atoms with van der Waals surface area (Å²) < 4.78 is 19.5. The molecule has 2 atom stereocenters. The molecule has 1 N–H and O–H groups in total. The van der Waals surface area contributed by atoms with Gasteiger partial charge in [-0.1, -0.05) is 25.8 Å². The van der Waals surface area contributed by atoms with Crippen molar-refractivity contribution in [3.8, 4) is 5.75 Å². The molecule has 0 radical (unpaired) electrons. The number of hydrogen-bond acceptors (Lipinski definition) is 2. The van der Waals surface area contributed by atoms with E-state index in [-0.39, 0.29) is 11.9 Å². The summed E-state index contributed by atoms with van der Waals surface area (Å²) in [6.07, 6.45) is 6.40. The summed E-state index contributed by atoms with van der Waals surface area (Å²) in [6, 6.07) is 5.24. The molecule has 19 heavy (non-hydrogen) atoms. The molecule has 0 amide bonds. The summed E-state index contributed by atoms with van der Waals surface area (Å²) in [5.41, 5.74) is 1.11. The van der Waals surface area contributed by atoms with E-state index < -0.39 is 0 Å². The number of ether oxygens (including phenoxy) is 1. The molecule has 1 aromatic carbocycles. The van der Waals surface area contributed by atoms with Crippen molar-refractivity contribution in [1.82, 2.24) is 5.32 Å². The Morgan fingerprint density at radius 3 is 2.84 bits per heavy atom. The van der Waals surface area contributed by atoms with Gasteiger partial charge in [0.05, 0.1) is 0 Å². The fraction of sp³-hybridized carbons (Fsp3) is 0.625. The number of nitrogens with one attached hydrogen (secondary N) is 1. The molecule has 1 fully saturated rings. The monoisotopic (exact) mass is 263 g/mol. The highest BCUT2D eigenvalue weighted by atomic mass is 19.1. The highest BCUT2D eigenvalue weighted by Crippen LogP contribution is 2.41. The van der Waals surface area contributed by atoms with Gasteiger partial charge < -0.3 is 10.1 Å². The van der Waals surface area contributed by atoms with Crippen molar-refractivity contribution < 1.29 is 9.13 Å². The SMILES string of the molecule is CCNC1CC(C2CCCC2)Oc2cc(F)ccc21. The van der Waals surface area contributed by atoms with Crippen molar-refractivity contribution in [2.45, 2.75) is 51.2 Å². The molecule has 2 unspecified atom stereocenters. The number of fused-ring (bicyclic) bond motifs is 1. The summed E-state index contributed by atoms with van der Waals surface area (Å²) in [7, 11) is 0. The molecule has 0 bridgehead atoms. The third kappa shape index (κ3) is 2.62. The van der Waals surface area contributed by atoms with Gasteiger partial charge in [0.2, 0.25) is 0 Å². The molecule has 104 valence electrons. The van der Waals surface area contributed by atoms with Gasteiger partial charge in [0.1, 0.15) is 17.7 Å². The topological polar surface area (TPSA) is 21.3 Å². The average molecular weight is 263 g/mol. The Balaban J connectivity index is 1.86. The van der Waals surface area contributed by atoms with Crippen molar-refractivity contribution >= 4 is 0 Å². The first kappa shape index (κ1) is 12.9. The fourth-order valence-corrected chi connectivity index (χ4v) is 3.53. The number of rotatable bonds is 3. The van der Waals surface area contributed by atoms with Crippen LogP contribution in [0, 0.1) is 11.7 Å². The highest BCUT2D eigenvalue weighted by molar-refractivity contribution is 5.38. The smallest absolute Gasteiger partial charge is 0.127 e. The van der Waals surface area contributed by atoms with E-state index in [0.29, 0.717) is 12.0 Å². The Bertz CT molecular complexity index is 442. The van der Waals surface area contributed by atoms with Crippen LogP contribution >= 0.6 is 0 Å². The highest BCUT2D eigenvalue weighted by Gasteiger charge is 2.34. The maximum atomic E-state index is 13.4. The molecule has 2 aliphatic rings. The molecule has 0 spiro atoms. The van der Waals surface area contributed by atoms with Gasteiger partial charge in [-0.05, 0) is 31.4 Å². The Morgan fingerprint density at radius 2 is 2.11 bits per heavy atom.